The SMILES string of the molecule is CCc1nccn1CCC(=O)N1CC(=O)N(C(C)C)C[C@H](OCc2cc(OC)cc(OC)c2)C1. The number of amides is 2. The van der Waals surface area contributed by atoms with Crippen LogP contribution in [0.2, 0.25) is 0 Å². The van der Waals surface area contributed by atoms with Crippen molar-refractivity contribution in [3.63, 3.8) is 0 Å². The lowest BCUT2D eigenvalue weighted by Crippen LogP contribution is -2.42. The number of hydrogen-bond acceptors (Lipinski definition) is 6. The van der Waals surface area contributed by atoms with E-state index in [1.807, 2.05) is 43.7 Å². The van der Waals surface area contributed by atoms with E-state index >= 15 is 0 Å². The Morgan fingerprint density at radius 2 is 1.85 bits per heavy atom. The molecular weight excluding hydrogens is 436 g/mol. The molecule has 1 aromatic heterocycles. The number of hydrogen-bond donors (Lipinski definition) is 0. The Balaban J connectivity index is 1.70. The number of ether oxygens (including phenoxy) is 3. The summed E-state index contributed by atoms with van der Waals surface area (Å²) in [6.07, 6.45) is 4.43. The Labute approximate surface area is 201 Å². The van der Waals surface area contributed by atoms with Crippen molar-refractivity contribution in [3.05, 3.63) is 42.0 Å². The first-order valence-electron chi connectivity index (χ1n) is 11.7. The van der Waals surface area contributed by atoms with Gasteiger partial charge in [-0.05, 0) is 31.5 Å². The molecule has 1 aliphatic heterocycles. The molecule has 186 valence electrons. The van der Waals surface area contributed by atoms with E-state index in [2.05, 4.69) is 4.98 Å². The Hall–Kier alpha value is -3.07. The molecule has 2 aromatic rings. The van der Waals surface area contributed by atoms with Gasteiger partial charge in [-0.25, -0.2) is 4.98 Å². The highest BCUT2D eigenvalue weighted by Crippen LogP contribution is 2.24. The molecule has 0 aliphatic carbocycles. The van der Waals surface area contributed by atoms with Gasteiger partial charge in [-0.3, -0.25) is 9.59 Å². The van der Waals surface area contributed by atoms with Crippen LogP contribution in [0, 0.1) is 0 Å². The van der Waals surface area contributed by atoms with Gasteiger partial charge in [0.15, 0.2) is 0 Å². The summed E-state index contributed by atoms with van der Waals surface area (Å²) in [5, 5.41) is 0. The highest BCUT2D eigenvalue weighted by Gasteiger charge is 2.32. The van der Waals surface area contributed by atoms with E-state index < -0.39 is 0 Å². The van der Waals surface area contributed by atoms with Gasteiger partial charge in [-0.2, -0.15) is 0 Å². The Morgan fingerprint density at radius 3 is 2.47 bits per heavy atom. The second-order valence-corrected chi connectivity index (χ2v) is 8.71. The summed E-state index contributed by atoms with van der Waals surface area (Å²) in [5.41, 5.74) is 0.896. The van der Waals surface area contributed by atoms with Gasteiger partial charge >= 0.3 is 0 Å². The molecule has 1 saturated heterocycles. The zero-order valence-corrected chi connectivity index (χ0v) is 20.8. The first-order valence-corrected chi connectivity index (χ1v) is 11.7. The van der Waals surface area contributed by atoms with Gasteiger partial charge in [0.1, 0.15) is 17.3 Å². The Morgan fingerprint density at radius 1 is 1.15 bits per heavy atom. The van der Waals surface area contributed by atoms with Gasteiger partial charge in [0, 0.05) is 57.0 Å². The second kappa shape index (κ2) is 11.9. The molecule has 0 radical (unpaired) electrons. The quantitative estimate of drug-likeness (QED) is 0.528. The monoisotopic (exact) mass is 472 g/mol. The van der Waals surface area contributed by atoms with Gasteiger partial charge in [-0.15, -0.1) is 0 Å². The van der Waals surface area contributed by atoms with Crippen LogP contribution >= 0.6 is 0 Å². The van der Waals surface area contributed by atoms with Crippen molar-refractivity contribution in [3.8, 4) is 11.5 Å². The molecule has 0 bridgehead atoms. The van der Waals surface area contributed by atoms with Gasteiger partial charge in [-0.1, -0.05) is 6.92 Å². The summed E-state index contributed by atoms with van der Waals surface area (Å²) >= 11 is 0. The number of benzene rings is 1. The van der Waals surface area contributed by atoms with Crippen molar-refractivity contribution >= 4 is 11.8 Å². The van der Waals surface area contributed by atoms with Crippen LogP contribution < -0.4 is 9.47 Å². The smallest absolute Gasteiger partial charge is 0.242 e. The highest BCUT2D eigenvalue weighted by molar-refractivity contribution is 5.85. The fraction of sp³-hybridized carbons (Fsp3) is 0.560. The second-order valence-electron chi connectivity index (χ2n) is 8.71. The van der Waals surface area contributed by atoms with E-state index in [1.54, 1.807) is 36.3 Å². The van der Waals surface area contributed by atoms with Gasteiger partial charge in [0.2, 0.25) is 11.8 Å². The largest absolute Gasteiger partial charge is 0.497 e. The van der Waals surface area contributed by atoms with E-state index in [4.69, 9.17) is 14.2 Å². The summed E-state index contributed by atoms with van der Waals surface area (Å²) < 4.78 is 18.9. The zero-order valence-electron chi connectivity index (χ0n) is 20.8. The Bertz CT molecular complexity index is 952. The number of carbonyl (C=O) groups is 2. The summed E-state index contributed by atoms with van der Waals surface area (Å²) in [7, 11) is 3.21. The number of methoxy groups -OCH3 is 2. The third-order valence-electron chi connectivity index (χ3n) is 6.03. The first kappa shape index (κ1) is 25.6. The lowest BCUT2D eigenvalue weighted by Gasteiger charge is -2.27. The van der Waals surface area contributed by atoms with Gasteiger partial charge in [0.25, 0.3) is 0 Å². The van der Waals surface area contributed by atoms with Crippen LogP contribution in [0.3, 0.4) is 0 Å². The van der Waals surface area contributed by atoms with Crippen molar-refractivity contribution in [2.75, 3.05) is 33.9 Å². The average molecular weight is 473 g/mol. The van der Waals surface area contributed by atoms with E-state index in [0.717, 1.165) is 17.8 Å². The maximum atomic E-state index is 13.1. The molecule has 3 rings (SSSR count). The minimum Gasteiger partial charge on any atom is -0.497 e. The van der Waals surface area contributed by atoms with Crippen molar-refractivity contribution in [1.82, 2.24) is 19.4 Å². The average Bonchev–Trinajstić information content (AvgIpc) is 3.22. The molecule has 0 saturated carbocycles. The van der Waals surface area contributed by atoms with Crippen molar-refractivity contribution in [2.45, 2.75) is 58.9 Å². The molecule has 1 atom stereocenters. The summed E-state index contributed by atoms with van der Waals surface area (Å²) in [5.74, 6) is 2.18. The van der Waals surface area contributed by atoms with E-state index in [0.29, 0.717) is 44.2 Å². The molecule has 0 N–H and O–H groups in total. The predicted molar refractivity (Wildman–Crippen MR) is 128 cm³/mol. The van der Waals surface area contributed by atoms with E-state index in [1.165, 1.54) is 0 Å². The van der Waals surface area contributed by atoms with Crippen LogP contribution in [0.1, 0.15) is 38.6 Å². The number of carbonyl (C=O) groups excluding carboxylic acids is 2. The molecule has 1 aliphatic rings. The number of aryl methyl sites for hydroxylation is 2. The molecule has 2 amide bonds. The maximum absolute atomic E-state index is 13.1. The van der Waals surface area contributed by atoms with Crippen LogP contribution in [0.5, 0.6) is 11.5 Å². The number of imidazole rings is 1. The van der Waals surface area contributed by atoms with Crippen LogP contribution in [-0.2, 0) is 33.9 Å². The summed E-state index contributed by atoms with van der Waals surface area (Å²) in [6.45, 7) is 7.70. The molecule has 0 spiro atoms. The fourth-order valence-corrected chi connectivity index (χ4v) is 4.13. The van der Waals surface area contributed by atoms with E-state index in [9.17, 15) is 9.59 Å². The first-order chi connectivity index (χ1) is 16.3. The summed E-state index contributed by atoms with van der Waals surface area (Å²) in [4.78, 5) is 33.7. The van der Waals surface area contributed by atoms with Crippen LogP contribution in [0.4, 0.5) is 0 Å². The molecule has 9 heteroatoms. The summed E-state index contributed by atoms with van der Waals surface area (Å²) in [6, 6.07) is 5.61. The van der Waals surface area contributed by atoms with Crippen molar-refractivity contribution < 1.29 is 23.8 Å². The number of aromatic nitrogens is 2. The lowest BCUT2D eigenvalue weighted by molar-refractivity contribution is -0.139. The molecule has 2 heterocycles. The normalized spacial score (nSPS) is 16.6. The highest BCUT2D eigenvalue weighted by atomic mass is 16.5. The standard InChI is InChI=1S/C25H36N4O5/c1-6-23-26-8-10-27(23)9-7-24(30)28-14-22(15-29(18(2)3)25(31)16-28)34-17-19-11-20(32-4)13-21(12-19)33-5/h8,10-13,18,22H,6-7,9,14-17H2,1-5H3/t22-/m1/s1. The van der Waals surface area contributed by atoms with Gasteiger partial charge in [0.05, 0.1) is 33.5 Å². The zero-order chi connectivity index (χ0) is 24.7. The van der Waals surface area contributed by atoms with Crippen molar-refractivity contribution in [2.24, 2.45) is 0 Å². The lowest BCUT2D eigenvalue weighted by atomic mass is 10.2. The molecule has 1 fully saturated rings. The van der Waals surface area contributed by atoms with Gasteiger partial charge < -0.3 is 28.6 Å². The van der Waals surface area contributed by atoms with Crippen LogP contribution in [0.25, 0.3) is 0 Å². The predicted octanol–water partition coefficient (Wildman–Crippen LogP) is 2.52. The minimum atomic E-state index is -0.311. The molecule has 9 nitrogen and oxygen atoms in total. The molecule has 0 unspecified atom stereocenters. The van der Waals surface area contributed by atoms with Crippen molar-refractivity contribution in [1.29, 1.82) is 0 Å². The molecule has 1 aromatic carbocycles. The number of rotatable bonds is 10. The fourth-order valence-electron chi connectivity index (χ4n) is 4.13. The third kappa shape index (κ3) is 6.50. The third-order valence-corrected chi connectivity index (χ3v) is 6.03. The Kier molecular flexibility index (Phi) is 8.92. The maximum Gasteiger partial charge on any atom is 0.242 e. The molecular formula is C25H36N4O5. The minimum absolute atomic E-state index is 0.0172. The topological polar surface area (TPSA) is 86.1 Å². The van der Waals surface area contributed by atoms with E-state index in [-0.39, 0.29) is 30.5 Å². The molecule has 34 heavy (non-hydrogen) atoms. The van der Waals surface area contributed by atoms with Crippen LogP contribution in [0.15, 0.2) is 30.6 Å². The number of nitrogens with zero attached hydrogens (tertiary/aromatic N) is 4. The van der Waals surface area contributed by atoms with Crippen LogP contribution in [-0.4, -0.2) is 77.2 Å².